The van der Waals surface area contributed by atoms with Gasteiger partial charge in [-0.05, 0) is 54.1 Å². The summed E-state index contributed by atoms with van der Waals surface area (Å²) in [6, 6.07) is 19.1. The Labute approximate surface area is 139 Å². The van der Waals surface area contributed by atoms with Crippen molar-refractivity contribution in [3.63, 3.8) is 0 Å². The number of rotatable bonds is 4. The van der Waals surface area contributed by atoms with Crippen LogP contribution in [-0.2, 0) is 0 Å². The minimum atomic E-state index is -0.979. The average molecular weight is 320 g/mol. The SMILES string of the molecule is Nc1ccc(-c2ccc(N)cc2Oc2ccc(C(=O)O)cc2)cc1. The number of carboxylic acids is 1. The Morgan fingerprint density at radius 2 is 1.46 bits per heavy atom. The van der Waals surface area contributed by atoms with Gasteiger partial charge in [-0.1, -0.05) is 12.1 Å². The molecule has 0 aliphatic rings. The lowest BCUT2D eigenvalue weighted by molar-refractivity contribution is 0.0697. The molecule has 0 saturated heterocycles. The zero-order valence-corrected chi connectivity index (χ0v) is 12.8. The maximum absolute atomic E-state index is 10.9. The topological polar surface area (TPSA) is 98.6 Å². The summed E-state index contributed by atoms with van der Waals surface area (Å²) in [6.07, 6.45) is 0. The molecule has 0 spiro atoms. The summed E-state index contributed by atoms with van der Waals surface area (Å²) in [5.74, 6) is 0.137. The van der Waals surface area contributed by atoms with Gasteiger partial charge in [-0.15, -0.1) is 0 Å². The highest BCUT2D eigenvalue weighted by molar-refractivity contribution is 5.87. The molecule has 0 saturated carbocycles. The van der Waals surface area contributed by atoms with E-state index in [-0.39, 0.29) is 5.56 Å². The molecular weight excluding hydrogens is 304 g/mol. The van der Waals surface area contributed by atoms with Crippen LogP contribution in [0.2, 0.25) is 0 Å². The van der Waals surface area contributed by atoms with Gasteiger partial charge in [-0.25, -0.2) is 4.79 Å². The molecule has 0 radical (unpaired) electrons. The van der Waals surface area contributed by atoms with Crippen LogP contribution < -0.4 is 16.2 Å². The number of hydrogen-bond acceptors (Lipinski definition) is 4. The number of ether oxygens (including phenoxy) is 1. The number of carbonyl (C=O) groups is 1. The molecule has 0 amide bonds. The van der Waals surface area contributed by atoms with E-state index in [0.717, 1.165) is 11.1 Å². The zero-order chi connectivity index (χ0) is 17.1. The van der Waals surface area contributed by atoms with E-state index in [1.54, 1.807) is 24.3 Å². The molecule has 5 heteroatoms. The minimum Gasteiger partial charge on any atom is -0.478 e. The third-order valence-electron chi connectivity index (χ3n) is 3.56. The predicted octanol–water partition coefficient (Wildman–Crippen LogP) is 4.01. The van der Waals surface area contributed by atoms with Crippen molar-refractivity contribution >= 4 is 17.3 Å². The zero-order valence-electron chi connectivity index (χ0n) is 12.8. The van der Waals surface area contributed by atoms with Gasteiger partial charge in [-0.3, -0.25) is 0 Å². The van der Waals surface area contributed by atoms with Gasteiger partial charge in [-0.2, -0.15) is 0 Å². The van der Waals surface area contributed by atoms with Crippen LogP contribution in [0.1, 0.15) is 10.4 Å². The number of anilines is 2. The average Bonchev–Trinajstić information content (AvgIpc) is 2.57. The van der Waals surface area contributed by atoms with Gasteiger partial charge < -0.3 is 21.3 Å². The van der Waals surface area contributed by atoms with Gasteiger partial charge in [0, 0.05) is 23.0 Å². The van der Waals surface area contributed by atoms with Crippen molar-refractivity contribution in [2.45, 2.75) is 0 Å². The standard InChI is InChI=1S/C19H16N2O3/c20-14-5-1-12(2-6-14)17-10-7-15(21)11-18(17)24-16-8-3-13(4-9-16)19(22)23/h1-11H,20-21H2,(H,22,23). The Morgan fingerprint density at radius 3 is 2.08 bits per heavy atom. The van der Waals surface area contributed by atoms with Crippen molar-refractivity contribution in [1.82, 2.24) is 0 Å². The molecule has 0 atom stereocenters. The van der Waals surface area contributed by atoms with Gasteiger partial charge in [0.1, 0.15) is 11.5 Å². The monoisotopic (exact) mass is 320 g/mol. The van der Waals surface area contributed by atoms with Crippen LogP contribution in [0.3, 0.4) is 0 Å². The van der Waals surface area contributed by atoms with E-state index in [1.165, 1.54) is 12.1 Å². The quantitative estimate of drug-likeness (QED) is 0.631. The molecular formula is C19H16N2O3. The molecule has 3 rings (SSSR count). The van der Waals surface area contributed by atoms with Crippen molar-refractivity contribution in [3.05, 3.63) is 72.3 Å². The molecule has 0 heterocycles. The smallest absolute Gasteiger partial charge is 0.335 e. The van der Waals surface area contributed by atoms with Gasteiger partial charge in [0.05, 0.1) is 5.56 Å². The van der Waals surface area contributed by atoms with Crippen LogP contribution in [0.5, 0.6) is 11.5 Å². The number of hydrogen-bond donors (Lipinski definition) is 3. The summed E-state index contributed by atoms with van der Waals surface area (Å²) in [5.41, 5.74) is 14.9. The molecule has 5 N–H and O–H groups in total. The highest BCUT2D eigenvalue weighted by Crippen LogP contribution is 2.35. The summed E-state index contributed by atoms with van der Waals surface area (Å²) in [6.45, 7) is 0. The molecule has 0 unspecified atom stereocenters. The Balaban J connectivity index is 1.96. The molecule has 120 valence electrons. The summed E-state index contributed by atoms with van der Waals surface area (Å²) >= 11 is 0. The molecule has 0 aliphatic heterocycles. The first-order valence-corrected chi connectivity index (χ1v) is 7.29. The molecule has 5 nitrogen and oxygen atoms in total. The lowest BCUT2D eigenvalue weighted by Gasteiger charge is -2.13. The molecule has 3 aromatic carbocycles. The van der Waals surface area contributed by atoms with Crippen LogP contribution in [0.4, 0.5) is 11.4 Å². The van der Waals surface area contributed by atoms with Crippen molar-refractivity contribution in [2.75, 3.05) is 11.5 Å². The van der Waals surface area contributed by atoms with Crippen LogP contribution >= 0.6 is 0 Å². The lowest BCUT2D eigenvalue weighted by atomic mass is 10.0. The van der Waals surface area contributed by atoms with Crippen molar-refractivity contribution in [2.24, 2.45) is 0 Å². The molecule has 0 aliphatic carbocycles. The maximum atomic E-state index is 10.9. The van der Waals surface area contributed by atoms with Gasteiger partial charge in [0.15, 0.2) is 0 Å². The maximum Gasteiger partial charge on any atom is 0.335 e. The minimum absolute atomic E-state index is 0.202. The first-order valence-electron chi connectivity index (χ1n) is 7.29. The van der Waals surface area contributed by atoms with Crippen LogP contribution in [0.25, 0.3) is 11.1 Å². The highest BCUT2D eigenvalue weighted by atomic mass is 16.5. The summed E-state index contributed by atoms with van der Waals surface area (Å²) in [5, 5.41) is 8.95. The largest absolute Gasteiger partial charge is 0.478 e. The predicted molar refractivity (Wildman–Crippen MR) is 94.2 cm³/mol. The fourth-order valence-corrected chi connectivity index (χ4v) is 2.32. The van der Waals surface area contributed by atoms with Crippen molar-refractivity contribution in [3.8, 4) is 22.6 Å². The number of nitrogen functional groups attached to an aromatic ring is 2. The number of aromatic carboxylic acids is 1. The Bertz CT molecular complexity index is 872. The summed E-state index contributed by atoms with van der Waals surface area (Å²) in [4.78, 5) is 10.9. The molecule has 0 aromatic heterocycles. The van der Waals surface area contributed by atoms with Gasteiger partial charge >= 0.3 is 5.97 Å². The van der Waals surface area contributed by atoms with E-state index in [1.807, 2.05) is 30.3 Å². The van der Waals surface area contributed by atoms with E-state index in [0.29, 0.717) is 22.9 Å². The molecule has 3 aromatic rings. The van der Waals surface area contributed by atoms with Crippen LogP contribution in [-0.4, -0.2) is 11.1 Å². The van der Waals surface area contributed by atoms with E-state index in [2.05, 4.69) is 0 Å². The molecule has 0 fully saturated rings. The van der Waals surface area contributed by atoms with Crippen molar-refractivity contribution < 1.29 is 14.6 Å². The summed E-state index contributed by atoms with van der Waals surface area (Å²) < 4.78 is 5.91. The fourth-order valence-electron chi connectivity index (χ4n) is 2.32. The van der Waals surface area contributed by atoms with Crippen LogP contribution in [0.15, 0.2) is 66.7 Å². The third-order valence-corrected chi connectivity index (χ3v) is 3.56. The normalized spacial score (nSPS) is 10.3. The first-order chi connectivity index (χ1) is 11.5. The summed E-state index contributed by atoms with van der Waals surface area (Å²) in [7, 11) is 0. The number of carboxylic acid groups (broad SMARTS) is 1. The number of benzene rings is 3. The van der Waals surface area contributed by atoms with E-state index in [9.17, 15) is 4.79 Å². The van der Waals surface area contributed by atoms with Gasteiger partial charge in [0.2, 0.25) is 0 Å². The second kappa shape index (κ2) is 6.34. The second-order valence-electron chi connectivity index (χ2n) is 5.31. The molecule has 0 bridgehead atoms. The first kappa shape index (κ1) is 15.4. The van der Waals surface area contributed by atoms with Crippen LogP contribution in [0, 0.1) is 0 Å². The lowest BCUT2D eigenvalue weighted by Crippen LogP contribution is -1.96. The highest BCUT2D eigenvalue weighted by Gasteiger charge is 2.09. The van der Waals surface area contributed by atoms with Crippen molar-refractivity contribution in [1.29, 1.82) is 0 Å². The number of nitrogens with two attached hydrogens (primary N) is 2. The van der Waals surface area contributed by atoms with E-state index < -0.39 is 5.97 Å². The second-order valence-corrected chi connectivity index (χ2v) is 5.31. The third kappa shape index (κ3) is 3.30. The van der Waals surface area contributed by atoms with Gasteiger partial charge in [0.25, 0.3) is 0 Å². The Hall–Kier alpha value is -3.47. The molecule has 24 heavy (non-hydrogen) atoms. The fraction of sp³-hybridized carbons (Fsp3) is 0. The Kier molecular flexibility index (Phi) is 4.07. The Morgan fingerprint density at radius 1 is 0.833 bits per heavy atom. The van der Waals surface area contributed by atoms with E-state index >= 15 is 0 Å². The van der Waals surface area contributed by atoms with E-state index in [4.69, 9.17) is 21.3 Å².